The summed E-state index contributed by atoms with van der Waals surface area (Å²) in [7, 11) is 0. The molecule has 1 aliphatic carbocycles. The molecular formula is C27H29Cl2FN2O3. The molecule has 2 N–H and O–H groups in total. The molecule has 8 heteroatoms. The number of rotatable bonds is 3. The van der Waals surface area contributed by atoms with E-state index >= 15 is 4.39 Å². The average molecular weight is 519 g/mol. The molecule has 2 aliphatic heterocycles. The summed E-state index contributed by atoms with van der Waals surface area (Å²) in [5.41, 5.74) is -0.428. The Kier molecular flexibility index (Phi) is 5.93. The van der Waals surface area contributed by atoms with Crippen LogP contribution in [-0.4, -0.2) is 30.1 Å². The molecule has 0 bridgehead atoms. The maximum Gasteiger partial charge on any atom is 0.323 e. The van der Waals surface area contributed by atoms with E-state index < -0.39 is 34.7 Å². The quantitative estimate of drug-likeness (QED) is 0.490. The molecule has 1 saturated heterocycles. The molecule has 2 fully saturated rings. The van der Waals surface area contributed by atoms with Crippen molar-refractivity contribution in [3.8, 4) is 0 Å². The summed E-state index contributed by atoms with van der Waals surface area (Å²) >= 11 is 12.5. The summed E-state index contributed by atoms with van der Waals surface area (Å²) in [5.74, 6) is -2.27. The van der Waals surface area contributed by atoms with Crippen LogP contribution in [-0.2, 0) is 19.7 Å². The molecule has 186 valence electrons. The van der Waals surface area contributed by atoms with Gasteiger partial charge in [-0.2, -0.15) is 0 Å². The first-order valence-corrected chi connectivity index (χ1v) is 12.8. The topological polar surface area (TPSA) is 67.4 Å². The van der Waals surface area contributed by atoms with Gasteiger partial charge in [0.15, 0.2) is 0 Å². The van der Waals surface area contributed by atoms with Crippen molar-refractivity contribution in [2.75, 3.05) is 11.9 Å². The predicted octanol–water partition coefficient (Wildman–Crippen LogP) is 5.98. The zero-order valence-electron chi connectivity index (χ0n) is 20.0. The van der Waals surface area contributed by atoms with E-state index in [1.807, 2.05) is 6.07 Å². The van der Waals surface area contributed by atoms with Crippen LogP contribution in [0.25, 0.3) is 0 Å². The first-order chi connectivity index (χ1) is 16.6. The molecule has 2 heterocycles. The summed E-state index contributed by atoms with van der Waals surface area (Å²) in [6.07, 6.45) is 2.98. The number of esters is 1. The summed E-state index contributed by atoms with van der Waals surface area (Å²) < 4.78 is 21.2. The minimum atomic E-state index is -1.26. The van der Waals surface area contributed by atoms with E-state index in [4.69, 9.17) is 27.9 Å². The fourth-order valence-corrected chi connectivity index (χ4v) is 6.98. The molecule has 2 aromatic carbocycles. The van der Waals surface area contributed by atoms with Gasteiger partial charge < -0.3 is 10.1 Å². The second kappa shape index (κ2) is 8.46. The SMILES string of the molecule is CCOC(=O)[C@@H]1NC2(CCC(C)(C)CC2)[C@@]2(C(=O)Nc3cc(Cl)ccc32)[C@H]1c1cccc(Cl)c1F. The minimum Gasteiger partial charge on any atom is -0.465 e. The van der Waals surface area contributed by atoms with E-state index in [2.05, 4.69) is 24.5 Å². The molecule has 1 saturated carbocycles. The number of nitrogens with one attached hydrogen (secondary N) is 2. The van der Waals surface area contributed by atoms with Crippen LogP contribution in [0.4, 0.5) is 10.1 Å². The van der Waals surface area contributed by atoms with Gasteiger partial charge in [0.25, 0.3) is 0 Å². The zero-order valence-corrected chi connectivity index (χ0v) is 21.5. The van der Waals surface area contributed by atoms with Gasteiger partial charge in [0.05, 0.1) is 11.6 Å². The van der Waals surface area contributed by atoms with E-state index in [9.17, 15) is 9.59 Å². The van der Waals surface area contributed by atoms with Crippen LogP contribution in [0, 0.1) is 11.2 Å². The largest absolute Gasteiger partial charge is 0.465 e. The number of fused-ring (bicyclic) bond motifs is 3. The van der Waals surface area contributed by atoms with Gasteiger partial charge in [-0.3, -0.25) is 14.9 Å². The molecule has 5 nitrogen and oxygen atoms in total. The molecular weight excluding hydrogens is 490 g/mol. The Balaban J connectivity index is 1.82. The van der Waals surface area contributed by atoms with Crippen molar-refractivity contribution >= 4 is 40.8 Å². The van der Waals surface area contributed by atoms with Gasteiger partial charge in [0.2, 0.25) is 5.91 Å². The molecule has 3 aliphatic rings. The molecule has 0 radical (unpaired) electrons. The van der Waals surface area contributed by atoms with Crippen LogP contribution in [0.15, 0.2) is 36.4 Å². The third-order valence-corrected chi connectivity index (χ3v) is 8.84. The number of hydrogen-bond acceptors (Lipinski definition) is 4. The fraction of sp³-hybridized carbons (Fsp3) is 0.481. The highest BCUT2D eigenvalue weighted by Crippen LogP contribution is 2.64. The second-order valence-electron chi connectivity index (χ2n) is 10.7. The lowest BCUT2D eigenvalue weighted by atomic mass is 9.53. The standard InChI is InChI=1S/C27H29Cl2FN2O3/c1-4-35-23(33)22-20(16-6-5-7-18(29)21(16)30)27(26(32-22)12-10-25(2,3)11-13-26)17-9-8-15(28)14-19(17)31-24(27)34/h5-9,14,20,22,32H,4,10-13H2,1-3H3,(H,31,34)/t20-,22+,27+/m0/s1. The number of carbonyl (C=O) groups excluding carboxylic acids is 2. The third kappa shape index (κ3) is 3.52. The Morgan fingerprint density at radius 2 is 1.86 bits per heavy atom. The molecule has 2 aromatic rings. The molecule has 35 heavy (non-hydrogen) atoms. The van der Waals surface area contributed by atoms with Crippen LogP contribution < -0.4 is 10.6 Å². The summed E-state index contributed by atoms with van der Waals surface area (Å²) in [6.45, 7) is 6.32. The smallest absolute Gasteiger partial charge is 0.323 e. The van der Waals surface area contributed by atoms with E-state index in [0.29, 0.717) is 23.6 Å². The number of anilines is 1. The number of hydrogen-bond donors (Lipinski definition) is 2. The van der Waals surface area contributed by atoms with E-state index in [0.717, 1.165) is 18.4 Å². The van der Waals surface area contributed by atoms with Crippen LogP contribution >= 0.6 is 23.2 Å². The highest BCUT2D eigenvalue weighted by Gasteiger charge is 2.73. The van der Waals surface area contributed by atoms with Crippen molar-refractivity contribution in [3.05, 3.63) is 63.4 Å². The second-order valence-corrected chi connectivity index (χ2v) is 11.5. The van der Waals surface area contributed by atoms with Gasteiger partial charge in [-0.05, 0) is 67.3 Å². The fourth-order valence-electron chi connectivity index (χ4n) is 6.63. The zero-order chi connectivity index (χ0) is 25.2. The van der Waals surface area contributed by atoms with Crippen molar-refractivity contribution in [1.82, 2.24) is 5.32 Å². The highest BCUT2D eigenvalue weighted by atomic mass is 35.5. The number of ether oxygens (including phenoxy) is 1. The molecule has 2 spiro atoms. The third-order valence-electron chi connectivity index (χ3n) is 8.31. The minimum absolute atomic E-state index is 0.0549. The number of amides is 1. The Bertz CT molecular complexity index is 1210. The first-order valence-electron chi connectivity index (χ1n) is 12.1. The maximum absolute atomic E-state index is 15.7. The summed E-state index contributed by atoms with van der Waals surface area (Å²) in [4.78, 5) is 27.6. The number of carbonyl (C=O) groups is 2. The van der Waals surface area contributed by atoms with Crippen LogP contribution in [0.1, 0.15) is 63.5 Å². The number of benzene rings is 2. The highest BCUT2D eigenvalue weighted by molar-refractivity contribution is 6.31. The Morgan fingerprint density at radius 3 is 2.54 bits per heavy atom. The predicted molar refractivity (Wildman–Crippen MR) is 134 cm³/mol. The molecule has 3 atom stereocenters. The van der Waals surface area contributed by atoms with Crippen molar-refractivity contribution in [2.45, 2.75) is 69.4 Å². The van der Waals surface area contributed by atoms with Gasteiger partial charge in [0, 0.05) is 22.2 Å². The lowest BCUT2D eigenvalue weighted by Gasteiger charge is -2.50. The van der Waals surface area contributed by atoms with Crippen LogP contribution in [0.5, 0.6) is 0 Å². The monoisotopic (exact) mass is 518 g/mol. The summed E-state index contributed by atoms with van der Waals surface area (Å²) in [6, 6.07) is 9.10. The average Bonchev–Trinajstić information content (AvgIpc) is 3.26. The molecule has 0 aromatic heterocycles. The normalized spacial score (nSPS) is 28.2. The van der Waals surface area contributed by atoms with Gasteiger partial charge in [-0.15, -0.1) is 0 Å². The van der Waals surface area contributed by atoms with Gasteiger partial charge in [-0.1, -0.05) is 55.2 Å². The van der Waals surface area contributed by atoms with Gasteiger partial charge >= 0.3 is 5.97 Å². The van der Waals surface area contributed by atoms with Gasteiger partial charge in [0.1, 0.15) is 17.3 Å². The first kappa shape index (κ1) is 24.5. The Hall–Kier alpha value is -2.15. The summed E-state index contributed by atoms with van der Waals surface area (Å²) in [5, 5.41) is 7.01. The van der Waals surface area contributed by atoms with E-state index in [-0.39, 0.29) is 28.5 Å². The van der Waals surface area contributed by atoms with Crippen LogP contribution in [0.2, 0.25) is 10.0 Å². The number of halogens is 3. The molecule has 1 amide bonds. The van der Waals surface area contributed by atoms with Crippen molar-refractivity contribution < 1.29 is 18.7 Å². The van der Waals surface area contributed by atoms with Gasteiger partial charge in [-0.25, -0.2) is 4.39 Å². The van der Waals surface area contributed by atoms with Crippen molar-refractivity contribution in [1.29, 1.82) is 0 Å². The van der Waals surface area contributed by atoms with E-state index in [1.54, 1.807) is 31.2 Å². The van der Waals surface area contributed by atoms with E-state index in [1.165, 1.54) is 6.07 Å². The van der Waals surface area contributed by atoms with Crippen LogP contribution in [0.3, 0.4) is 0 Å². The van der Waals surface area contributed by atoms with Crippen molar-refractivity contribution in [2.24, 2.45) is 5.41 Å². The molecule has 0 unspecified atom stereocenters. The maximum atomic E-state index is 15.7. The molecule has 5 rings (SSSR count). The Labute approximate surface area is 214 Å². The lowest BCUT2D eigenvalue weighted by molar-refractivity contribution is -0.146. The Morgan fingerprint density at radius 1 is 1.14 bits per heavy atom. The van der Waals surface area contributed by atoms with Crippen molar-refractivity contribution in [3.63, 3.8) is 0 Å². The lowest BCUT2D eigenvalue weighted by Crippen LogP contribution is -2.61.